The normalized spacial score (nSPS) is 15.0. The summed E-state index contributed by atoms with van der Waals surface area (Å²) in [7, 11) is -4.34. The van der Waals surface area contributed by atoms with Gasteiger partial charge in [0.25, 0.3) is 11.4 Å². The predicted molar refractivity (Wildman–Crippen MR) is 131 cm³/mol. The lowest BCUT2D eigenvalue weighted by Gasteiger charge is -2.23. The number of anilines is 2. The minimum Gasteiger partial charge on any atom is -0.398 e. The Kier molecular flexibility index (Phi) is 7.36. The molecule has 0 atom stereocenters. The third-order valence-electron chi connectivity index (χ3n) is 5.34. The predicted octanol–water partition coefficient (Wildman–Crippen LogP) is 3.53. The van der Waals surface area contributed by atoms with Crippen LogP contribution in [0, 0.1) is 0 Å². The molecule has 0 bridgehead atoms. The lowest BCUT2D eigenvalue weighted by atomic mass is 10.2. The molecule has 3 aromatic rings. The van der Waals surface area contributed by atoms with Gasteiger partial charge in [0.2, 0.25) is 5.58 Å². The largest absolute Gasteiger partial charge is 0.398 e. The van der Waals surface area contributed by atoms with E-state index in [-0.39, 0.29) is 19.1 Å². The zero-order valence-corrected chi connectivity index (χ0v) is 20.6. The molecule has 2 heterocycles. The van der Waals surface area contributed by atoms with E-state index in [2.05, 4.69) is 0 Å². The van der Waals surface area contributed by atoms with Crippen molar-refractivity contribution in [2.75, 3.05) is 42.7 Å². The van der Waals surface area contributed by atoms with Crippen molar-refractivity contribution in [1.82, 2.24) is 0 Å². The number of benzene rings is 2. The van der Waals surface area contributed by atoms with Crippen LogP contribution in [0.2, 0.25) is 10.0 Å². The van der Waals surface area contributed by atoms with Crippen molar-refractivity contribution in [2.24, 2.45) is 0 Å². The van der Waals surface area contributed by atoms with E-state index in [1.165, 1.54) is 4.57 Å². The van der Waals surface area contributed by atoms with Crippen molar-refractivity contribution >= 4 is 61.9 Å². The summed E-state index contributed by atoms with van der Waals surface area (Å²) in [6.07, 6.45) is 1.71. The maximum atomic E-state index is 11.8. The van der Waals surface area contributed by atoms with Crippen LogP contribution in [-0.4, -0.2) is 51.0 Å². The van der Waals surface area contributed by atoms with E-state index in [1.54, 1.807) is 42.5 Å². The van der Waals surface area contributed by atoms with Gasteiger partial charge in [-0.05, 0) is 25.1 Å². The van der Waals surface area contributed by atoms with Crippen molar-refractivity contribution in [3.63, 3.8) is 0 Å². The molecule has 1 aliphatic heterocycles. The number of rotatable bonds is 9. The van der Waals surface area contributed by atoms with Crippen molar-refractivity contribution in [1.29, 1.82) is 0 Å². The maximum Gasteiger partial charge on any atom is 0.378 e. The Balaban J connectivity index is 1.86. The van der Waals surface area contributed by atoms with E-state index in [9.17, 15) is 13.0 Å². The summed E-state index contributed by atoms with van der Waals surface area (Å²) in [5.41, 5.74) is 2.62. The first-order chi connectivity index (χ1) is 16.2. The molecule has 0 spiro atoms. The van der Waals surface area contributed by atoms with Crippen molar-refractivity contribution in [3.05, 3.63) is 58.2 Å². The lowest BCUT2D eigenvalue weighted by molar-refractivity contribution is -0.658. The molecule has 2 N–H and O–H groups in total. The van der Waals surface area contributed by atoms with Gasteiger partial charge in [-0.2, -0.15) is 8.42 Å². The van der Waals surface area contributed by atoms with E-state index in [0.717, 1.165) is 11.4 Å². The number of hydrogen-bond acceptors (Lipinski definition) is 7. The fraction of sp³-hybridized carbons (Fsp3) is 0.318. The standard InChI is InChI=1S/C22H23Cl2N3O6S/c1-2-25-18-11-15(23)16(24)12-19(18)26(7-9-32-10-8-28)21(25)13-22-27(14-34(29,30)31)17-5-3-4-6-20(17)33-22/h3-6,11-13,28H,2,7-10,14H2,1H3/p+1. The molecule has 0 saturated heterocycles. The van der Waals surface area contributed by atoms with Crippen LogP contribution in [-0.2, 0) is 20.7 Å². The number of nitrogens with zero attached hydrogens (tertiary/aromatic N) is 3. The zero-order valence-electron chi connectivity index (χ0n) is 18.3. The van der Waals surface area contributed by atoms with Crippen LogP contribution >= 0.6 is 23.2 Å². The number of aliphatic hydroxyl groups excluding tert-OH is 1. The molecule has 0 radical (unpaired) electrons. The van der Waals surface area contributed by atoms with E-state index in [0.29, 0.717) is 46.7 Å². The van der Waals surface area contributed by atoms with Crippen LogP contribution in [0.15, 0.2) is 46.6 Å². The van der Waals surface area contributed by atoms with E-state index in [4.69, 9.17) is 37.5 Å². The van der Waals surface area contributed by atoms with Crippen LogP contribution in [0.5, 0.6) is 0 Å². The molecule has 1 aromatic heterocycles. The first kappa shape index (κ1) is 24.8. The van der Waals surface area contributed by atoms with Crippen LogP contribution in [0.25, 0.3) is 17.2 Å². The number of halogens is 2. The van der Waals surface area contributed by atoms with Crippen LogP contribution in [0.3, 0.4) is 0 Å². The summed E-state index contributed by atoms with van der Waals surface area (Å²) in [4.78, 5) is 3.96. The van der Waals surface area contributed by atoms with Crippen molar-refractivity contribution in [3.8, 4) is 0 Å². The summed E-state index contributed by atoms with van der Waals surface area (Å²) in [5, 5.41) is 9.82. The molecule has 182 valence electrons. The van der Waals surface area contributed by atoms with E-state index in [1.807, 2.05) is 16.7 Å². The highest BCUT2D eigenvalue weighted by atomic mass is 35.5. The van der Waals surface area contributed by atoms with Crippen LogP contribution in [0.4, 0.5) is 11.4 Å². The highest BCUT2D eigenvalue weighted by Crippen LogP contribution is 2.45. The smallest absolute Gasteiger partial charge is 0.378 e. The second kappa shape index (κ2) is 10.1. The Labute approximate surface area is 207 Å². The molecule has 1 aliphatic rings. The van der Waals surface area contributed by atoms with Gasteiger partial charge in [-0.15, -0.1) is 4.57 Å². The number of aliphatic hydroxyl groups is 1. The molecule has 0 amide bonds. The molecule has 0 fully saturated rings. The van der Waals surface area contributed by atoms with Gasteiger partial charge in [0.15, 0.2) is 0 Å². The van der Waals surface area contributed by atoms with Crippen molar-refractivity contribution < 1.29 is 31.8 Å². The average Bonchev–Trinajstić information content (AvgIpc) is 3.25. The third-order valence-corrected chi connectivity index (χ3v) is 6.65. The van der Waals surface area contributed by atoms with Gasteiger partial charge >= 0.3 is 16.0 Å². The SMILES string of the molecule is CCN1C(=Cc2oc3ccccc3[n+]2CS(=O)(=O)O)N(CCOCCO)c2cc(Cl)c(Cl)cc21. The fourth-order valence-electron chi connectivity index (χ4n) is 3.96. The molecule has 12 heteroatoms. The molecule has 0 saturated carbocycles. The number of ether oxygens (including phenoxy) is 1. The molecule has 34 heavy (non-hydrogen) atoms. The summed E-state index contributed by atoms with van der Waals surface area (Å²) in [6.45, 7) is 3.40. The molecule has 0 unspecified atom stereocenters. The zero-order chi connectivity index (χ0) is 24.5. The Morgan fingerprint density at radius 1 is 1.12 bits per heavy atom. The van der Waals surface area contributed by atoms with Crippen LogP contribution < -0.4 is 14.4 Å². The molecule has 4 rings (SSSR count). The third kappa shape index (κ3) is 5.02. The monoisotopic (exact) mass is 528 g/mol. The number of fused-ring (bicyclic) bond motifs is 2. The summed E-state index contributed by atoms with van der Waals surface area (Å²) >= 11 is 12.6. The topological polar surface area (TPSA) is 107 Å². The highest BCUT2D eigenvalue weighted by Gasteiger charge is 2.34. The van der Waals surface area contributed by atoms with Gasteiger partial charge in [-0.3, -0.25) is 4.55 Å². The average molecular weight is 529 g/mol. The maximum absolute atomic E-state index is 11.8. The van der Waals surface area contributed by atoms with Gasteiger partial charge in [0, 0.05) is 19.2 Å². The van der Waals surface area contributed by atoms with Gasteiger partial charge in [-0.25, -0.2) is 0 Å². The number of hydrogen-bond donors (Lipinski definition) is 2. The van der Waals surface area contributed by atoms with Gasteiger partial charge < -0.3 is 24.1 Å². The Morgan fingerprint density at radius 3 is 2.44 bits per heavy atom. The van der Waals surface area contributed by atoms with Gasteiger partial charge in [0.1, 0.15) is 5.82 Å². The Hall–Kier alpha value is -2.34. The molecule has 9 nitrogen and oxygen atoms in total. The van der Waals surface area contributed by atoms with Crippen molar-refractivity contribution in [2.45, 2.75) is 12.8 Å². The Morgan fingerprint density at radius 2 is 1.79 bits per heavy atom. The summed E-state index contributed by atoms with van der Waals surface area (Å²) < 4.78 is 45.9. The van der Waals surface area contributed by atoms with E-state index < -0.39 is 16.0 Å². The number of oxazole rings is 1. The van der Waals surface area contributed by atoms with Crippen LogP contribution in [0.1, 0.15) is 12.8 Å². The summed E-state index contributed by atoms with van der Waals surface area (Å²) in [5.74, 6) is 0.254. The summed E-state index contributed by atoms with van der Waals surface area (Å²) in [6, 6.07) is 10.5. The highest BCUT2D eigenvalue weighted by molar-refractivity contribution is 7.84. The second-order valence-corrected chi connectivity index (χ2v) is 9.77. The Bertz CT molecular complexity index is 1340. The lowest BCUT2D eigenvalue weighted by Crippen LogP contribution is -2.40. The fourth-order valence-corrected chi connectivity index (χ4v) is 4.87. The molecular weight excluding hydrogens is 505 g/mol. The first-order valence-electron chi connectivity index (χ1n) is 10.5. The number of aromatic nitrogens is 1. The molecule has 2 aromatic carbocycles. The first-order valence-corrected chi connectivity index (χ1v) is 12.9. The minimum absolute atomic E-state index is 0.0869. The molecule has 0 aliphatic carbocycles. The van der Waals surface area contributed by atoms with Gasteiger partial charge in [0.05, 0.1) is 47.3 Å². The quantitative estimate of drug-likeness (QED) is 0.246. The molecular formula is C22H24Cl2N3O6S+. The van der Waals surface area contributed by atoms with Gasteiger partial charge in [-0.1, -0.05) is 35.3 Å². The number of para-hydroxylation sites is 2. The minimum atomic E-state index is -4.34. The van der Waals surface area contributed by atoms with E-state index >= 15 is 0 Å². The second-order valence-electron chi connectivity index (χ2n) is 7.54.